The Morgan fingerprint density at radius 1 is 1.50 bits per heavy atom. The van der Waals surface area contributed by atoms with E-state index in [1.807, 2.05) is 37.0 Å². The van der Waals surface area contributed by atoms with Gasteiger partial charge in [-0.2, -0.15) is 0 Å². The van der Waals surface area contributed by atoms with Crippen molar-refractivity contribution < 1.29 is 4.74 Å². The summed E-state index contributed by atoms with van der Waals surface area (Å²) in [5.74, 6) is 0.880. The molecule has 1 fully saturated rings. The smallest absolute Gasteiger partial charge is 0.126 e. The van der Waals surface area contributed by atoms with Gasteiger partial charge in [0, 0.05) is 37.8 Å². The maximum atomic E-state index is 5.87. The minimum absolute atomic E-state index is 0.0463. The number of hydrogen-bond acceptors (Lipinski definition) is 6. The normalized spacial score (nSPS) is 19.9. The summed E-state index contributed by atoms with van der Waals surface area (Å²) in [6, 6.07) is 6.00. The van der Waals surface area contributed by atoms with E-state index < -0.39 is 0 Å². The standard InChI is InChI=1S/C14H18N4OS/c1-15-14-4-2-3-12(17-14)13-9-18(5-6-19-13)8-11-7-16-10-20-11/h2-4,7,10,13H,5-6,8-9H2,1H3,(H,15,17)/t13-/m0/s1. The van der Waals surface area contributed by atoms with Gasteiger partial charge < -0.3 is 10.1 Å². The van der Waals surface area contributed by atoms with Crippen molar-refractivity contribution in [3.63, 3.8) is 0 Å². The summed E-state index contributed by atoms with van der Waals surface area (Å²) in [5, 5.41) is 3.07. The van der Waals surface area contributed by atoms with Crippen LogP contribution in [0, 0.1) is 0 Å². The number of rotatable bonds is 4. The number of ether oxygens (including phenoxy) is 1. The van der Waals surface area contributed by atoms with Gasteiger partial charge in [-0.25, -0.2) is 4.98 Å². The molecule has 1 aliphatic rings. The van der Waals surface area contributed by atoms with Crippen LogP contribution in [0.3, 0.4) is 0 Å². The highest BCUT2D eigenvalue weighted by Crippen LogP contribution is 2.23. The van der Waals surface area contributed by atoms with Gasteiger partial charge in [-0.05, 0) is 12.1 Å². The summed E-state index contributed by atoms with van der Waals surface area (Å²) in [6.45, 7) is 3.52. The van der Waals surface area contributed by atoms with Crippen molar-refractivity contribution >= 4 is 17.2 Å². The van der Waals surface area contributed by atoms with Gasteiger partial charge in [-0.3, -0.25) is 9.88 Å². The summed E-state index contributed by atoms with van der Waals surface area (Å²) in [5.41, 5.74) is 2.87. The van der Waals surface area contributed by atoms with Gasteiger partial charge in [-0.1, -0.05) is 6.07 Å². The van der Waals surface area contributed by atoms with Crippen LogP contribution in [0.25, 0.3) is 0 Å². The predicted molar refractivity (Wildman–Crippen MR) is 79.9 cm³/mol. The van der Waals surface area contributed by atoms with Gasteiger partial charge in [0.15, 0.2) is 0 Å². The first-order chi connectivity index (χ1) is 9.85. The van der Waals surface area contributed by atoms with Crippen LogP contribution in [-0.2, 0) is 11.3 Å². The molecule has 0 radical (unpaired) electrons. The predicted octanol–water partition coefficient (Wildman–Crippen LogP) is 2.15. The largest absolute Gasteiger partial charge is 0.373 e. The second-order valence-electron chi connectivity index (χ2n) is 4.76. The SMILES string of the molecule is CNc1cccc([C@@H]2CN(Cc3cncs3)CCO2)n1. The lowest BCUT2D eigenvalue weighted by molar-refractivity contribution is -0.0346. The fourth-order valence-corrected chi connectivity index (χ4v) is 2.97. The Labute approximate surface area is 122 Å². The topological polar surface area (TPSA) is 50.3 Å². The van der Waals surface area contributed by atoms with Gasteiger partial charge in [0.25, 0.3) is 0 Å². The van der Waals surface area contributed by atoms with Crippen molar-refractivity contribution in [1.82, 2.24) is 14.9 Å². The lowest BCUT2D eigenvalue weighted by Crippen LogP contribution is -2.37. The number of thiazole rings is 1. The maximum absolute atomic E-state index is 5.87. The third kappa shape index (κ3) is 3.15. The van der Waals surface area contributed by atoms with Gasteiger partial charge >= 0.3 is 0 Å². The Balaban J connectivity index is 1.68. The number of aromatic nitrogens is 2. The molecule has 20 heavy (non-hydrogen) atoms. The van der Waals surface area contributed by atoms with Crippen LogP contribution in [0.1, 0.15) is 16.7 Å². The molecule has 0 aromatic carbocycles. The molecule has 5 nitrogen and oxygen atoms in total. The third-order valence-electron chi connectivity index (χ3n) is 3.37. The summed E-state index contributed by atoms with van der Waals surface area (Å²) in [7, 11) is 1.88. The van der Waals surface area contributed by atoms with Gasteiger partial charge in [0.2, 0.25) is 0 Å². The molecular weight excluding hydrogens is 272 g/mol. The molecule has 0 saturated carbocycles. The monoisotopic (exact) mass is 290 g/mol. The van der Waals surface area contributed by atoms with E-state index in [1.165, 1.54) is 4.88 Å². The zero-order valence-corrected chi connectivity index (χ0v) is 12.3. The lowest BCUT2D eigenvalue weighted by atomic mass is 10.2. The third-order valence-corrected chi connectivity index (χ3v) is 4.13. The summed E-state index contributed by atoms with van der Waals surface area (Å²) in [6.07, 6.45) is 1.99. The van der Waals surface area contributed by atoms with E-state index in [4.69, 9.17) is 4.74 Å². The summed E-state index contributed by atoms with van der Waals surface area (Å²) >= 11 is 1.70. The van der Waals surface area contributed by atoms with E-state index in [1.54, 1.807) is 11.3 Å². The minimum Gasteiger partial charge on any atom is -0.373 e. The van der Waals surface area contributed by atoms with Gasteiger partial charge in [0.05, 0.1) is 17.8 Å². The van der Waals surface area contributed by atoms with Crippen LogP contribution in [-0.4, -0.2) is 41.6 Å². The Kier molecular flexibility index (Phi) is 4.25. The Morgan fingerprint density at radius 2 is 2.45 bits per heavy atom. The molecule has 2 aromatic heterocycles. The minimum atomic E-state index is 0.0463. The Hall–Kier alpha value is -1.50. The van der Waals surface area contributed by atoms with Crippen LogP contribution in [0.2, 0.25) is 0 Å². The zero-order valence-electron chi connectivity index (χ0n) is 11.5. The molecule has 0 spiro atoms. The molecule has 1 saturated heterocycles. The van der Waals surface area contributed by atoms with Crippen LogP contribution in [0.4, 0.5) is 5.82 Å². The van der Waals surface area contributed by atoms with Crippen molar-refractivity contribution in [1.29, 1.82) is 0 Å². The molecule has 0 amide bonds. The van der Waals surface area contributed by atoms with Crippen molar-refractivity contribution in [3.8, 4) is 0 Å². The van der Waals surface area contributed by atoms with E-state index in [-0.39, 0.29) is 6.10 Å². The number of nitrogens with one attached hydrogen (secondary N) is 1. The number of nitrogens with zero attached hydrogens (tertiary/aromatic N) is 3. The van der Waals surface area contributed by atoms with Gasteiger partial charge in [0.1, 0.15) is 11.9 Å². The molecule has 2 aromatic rings. The summed E-state index contributed by atoms with van der Waals surface area (Å²) in [4.78, 5) is 12.4. The Bertz CT molecular complexity index is 546. The van der Waals surface area contributed by atoms with E-state index in [0.29, 0.717) is 0 Å². The Morgan fingerprint density at radius 3 is 3.25 bits per heavy atom. The highest BCUT2D eigenvalue weighted by molar-refractivity contribution is 7.09. The highest BCUT2D eigenvalue weighted by atomic mass is 32.1. The molecule has 0 unspecified atom stereocenters. The van der Waals surface area contributed by atoms with E-state index in [0.717, 1.165) is 37.8 Å². The first kappa shape index (κ1) is 13.5. The van der Waals surface area contributed by atoms with Crippen LogP contribution < -0.4 is 5.32 Å². The van der Waals surface area contributed by atoms with Crippen molar-refractivity contribution in [3.05, 3.63) is 40.5 Å². The molecule has 106 valence electrons. The average Bonchev–Trinajstić information content (AvgIpc) is 3.00. The van der Waals surface area contributed by atoms with Crippen LogP contribution in [0.5, 0.6) is 0 Å². The molecule has 3 heterocycles. The second kappa shape index (κ2) is 6.30. The fourth-order valence-electron chi connectivity index (χ4n) is 2.34. The number of morpholine rings is 1. The zero-order chi connectivity index (χ0) is 13.8. The number of pyridine rings is 1. The second-order valence-corrected chi connectivity index (χ2v) is 5.73. The summed E-state index contributed by atoms with van der Waals surface area (Å²) < 4.78 is 5.87. The van der Waals surface area contributed by atoms with Crippen molar-refractivity contribution in [2.24, 2.45) is 0 Å². The number of anilines is 1. The molecule has 3 rings (SSSR count). The molecular formula is C14H18N4OS. The lowest BCUT2D eigenvalue weighted by Gasteiger charge is -2.32. The first-order valence-corrected chi connectivity index (χ1v) is 7.59. The van der Waals surface area contributed by atoms with E-state index >= 15 is 0 Å². The quantitative estimate of drug-likeness (QED) is 0.935. The molecule has 1 N–H and O–H groups in total. The maximum Gasteiger partial charge on any atom is 0.126 e. The van der Waals surface area contributed by atoms with Crippen molar-refractivity contribution in [2.45, 2.75) is 12.6 Å². The molecule has 0 aliphatic carbocycles. The van der Waals surface area contributed by atoms with E-state index in [9.17, 15) is 0 Å². The molecule has 6 heteroatoms. The van der Waals surface area contributed by atoms with Crippen LogP contribution in [0.15, 0.2) is 29.9 Å². The fraction of sp³-hybridized carbons (Fsp3) is 0.429. The van der Waals surface area contributed by atoms with Crippen molar-refractivity contribution in [2.75, 3.05) is 32.1 Å². The molecule has 1 atom stereocenters. The number of hydrogen-bond donors (Lipinski definition) is 1. The molecule has 1 aliphatic heterocycles. The molecule has 0 bridgehead atoms. The first-order valence-electron chi connectivity index (χ1n) is 6.71. The average molecular weight is 290 g/mol. The van der Waals surface area contributed by atoms with E-state index in [2.05, 4.69) is 20.2 Å². The highest BCUT2D eigenvalue weighted by Gasteiger charge is 2.23. The van der Waals surface area contributed by atoms with Crippen LogP contribution >= 0.6 is 11.3 Å². The van der Waals surface area contributed by atoms with Gasteiger partial charge in [-0.15, -0.1) is 11.3 Å².